The molecule has 27 heavy (non-hydrogen) atoms. The van der Waals surface area contributed by atoms with Crippen LogP contribution in [0.15, 0.2) is 75.7 Å². The van der Waals surface area contributed by atoms with E-state index in [9.17, 15) is 4.79 Å². The minimum atomic E-state index is -0.104. The number of hydrogen-bond donors (Lipinski definition) is 1. The molecular weight excluding hydrogens is 470 g/mol. The summed E-state index contributed by atoms with van der Waals surface area (Å²) in [6.45, 7) is 0.527. The summed E-state index contributed by atoms with van der Waals surface area (Å²) in [6, 6.07) is 21.6. The first-order chi connectivity index (χ1) is 13.1. The zero-order valence-corrected chi connectivity index (χ0v) is 17.4. The highest BCUT2D eigenvalue weighted by molar-refractivity contribution is 9.11. The summed E-state index contributed by atoms with van der Waals surface area (Å²) in [5.74, 6) is 0.691. The summed E-state index contributed by atoms with van der Waals surface area (Å²) < 4.78 is 7.59. The maximum atomic E-state index is 12.4. The molecule has 0 unspecified atom stereocenters. The molecule has 0 saturated heterocycles. The van der Waals surface area contributed by atoms with Gasteiger partial charge in [0.1, 0.15) is 12.4 Å². The quantitative estimate of drug-likeness (QED) is 0.442. The Labute approximate surface area is 174 Å². The Morgan fingerprint density at radius 3 is 2.44 bits per heavy atom. The minimum absolute atomic E-state index is 0.104. The van der Waals surface area contributed by atoms with Crippen LogP contribution in [0.5, 0.6) is 5.75 Å². The Kier molecular flexibility index (Phi) is 5.14. The molecule has 1 heterocycles. The molecule has 0 atom stereocenters. The van der Waals surface area contributed by atoms with Crippen molar-refractivity contribution in [3.8, 4) is 5.75 Å². The Balaban J connectivity index is 1.54. The lowest BCUT2D eigenvalue weighted by Crippen LogP contribution is -2.03. The van der Waals surface area contributed by atoms with Gasteiger partial charge in [-0.05, 0) is 57.4 Å². The van der Waals surface area contributed by atoms with E-state index in [1.165, 1.54) is 0 Å². The van der Waals surface area contributed by atoms with Crippen molar-refractivity contribution in [2.75, 3.05) is 5.32 Å². The summed E-state index contributed by atoms with van der Waals surface area (Å²) >= 11 is 6.98. The number of amides is 1. The SMILES string of the molecule is O=C1Nc2c(Br)cc(Br)cc2C1=Cc1ccc(OCc2ccccc2)cc1. The minimum Gasteiger partial charge on any atom is -0.489 e. The van der Waals surface area contributed by atoms with Crippen LogP contribution in [-0.4, -0.2) is 5.91 Å². The molecule has 1 amide bonds. The third-order valence-corrected chi connectivity index (χ3v) is 5.35. The van der Waals surface area contributed by atoms with E-state index in [0.29, 0.717) is 12.2 Å². The number of ether oxygens (including phenoxy) is 1. The van der Waals surface area contributed by atoms with Crippen LogP contribution in [0.1, 0.15) is 16.7 Å². The van der Waals surface area contributed by atoms with Crippen LogP contribution >= 0.6 is 31.9 Å². The molecule has 4 rings (SSSR count). The molecule has 0 radical (unpaired) electrons. The second-order valence-corrected chi connectivity index (χ2v) is 7.94. The maximum absolute atomic E-state index is 12.4. The molecule has 134 valence electrons. The second-order valence-electron chi connectivity index (χ2n) is 6.17. The topological polar surface area (TPSA) is 38.3 Å². The highest BCUT2D eigenvalue weighted by atomic mass is 79.9. The van der Waals surface area contributed by atoms with Crippen molar-refractivity contribution < 1.29 is 9.53 Å². The maximum Gasteiger partial charge on any atom is 0.256 e. The van der Waals surface area contributed by atoms with Crippen LogP contribution in [-0.2, 0) is 11.4 Å². The molecule has 3 aromatic rings. The van der Waals surface area contributed by atoms with Crippen molar-refractivity contribution in [2.45, 2.75) is 6.61 Å². The summed E-state index contributed by atoms with van der Waals surface area (Å²) in [5.41, 5.74) is 4.39. The van der Waals surface area contributed by atoms with Crippen LogP contribution < -0.4 is 10.1 Å². The van der Waals surface area contributed by atoms with Gasteiger partial charge in [-0.3, -0.25) is 4.79 Å². The Morgan fingerprint density at radius 2 is 1.70 bits per heavy atom. The van der Waals surface area contributed by atoms with Crippen LogP contribution in [0.2, 0.25) is 0 Å². The molecule has 5 heteroatoms. The van der Waals surface area contributed by atoms with Crippen molar-refractivity contribution in [2.24, 2.45) is 0 Å². The van der Waals surface area contributed by atoms with Gasteiger partial charge in [-0.15, -0.1) is 0 Å². The summed E-state index contributed by atoms with van der Waals surface area (Å²) in [4.78, 5) is 12.4. The number of benzene rings is 3. The van der Waals surface area contributed by atoms with Crippen molar-refractivity contribution in [3.05, 3.63) is 92.4 Å². The van der Waals surface area contributed by atoms with Crippen LogP contribution in [0.3, 0.4) is 0 Å². The van der Waals surface area contributed by atoms with E-state index >= 15 is 0 Å². The van der Waals surface area contributed by atoms with Crippen LogP contribution in [0.25, 0.3) is 11.6 Å². The largest absolute Gasteiger partial charge is 0.489 e. The first-order valence-electron chi connectivity index (χ1n) is 8.39. The Morgan fingerprint density at radius 1 is 0.963 bits per heavy atom. The van der Waals surface area contributed by atoms with Crippen molar-refractivity contribution >= 4 is 55.1 Å². The van der Waals surface area contributed by atoms with Crippen molar-refractivity contribution in [1.82, 2.24) is 0 Å². The predicted octanol–water partition coefficient (Wildman–Crippen LogP) is 6.28. The molecule has 3 nitrogen and oxygen atoms in total. The van der Waals surface area contributed by atoms with Crippen molar-refractivity contribution in [1.29, 1.82) is 0 Å². The highest BCUT2D eigenvalue weighted by Crippen LogP contribution is 2.40. The smallest absolute Gasteiger partial charge is 0.256 e. The third-order valence-electron chi connectivity index (χ3n) is 4.27. The molecule has 0 spiro atoms. The molecule has 0 saturated carbocycles. The zero-order chi connectivity index (χ0) is 18.8. The number of halogens is 2. The number of carbonyl (C=O) groups is 1. The highest BCUT2D eigenvalue weighted by Gasteiger charge is 2.26. The number of rotatable bonds is 4. The van der Waals surface area contributed by atoms with Crippen LogP contribution in [0.4, 0.5) is 5.69 Å². The summed E-state index contributed by atoms with van der Waals surface area (Å²) in [6.07, 6.45) is 1.89. The second kappa shape index (κ2) is 7.71. The van der Waals surface area contributed by atoms with Gasteiger partial charge in [0.25, 0.3) is 5.91 Å². The number of fused-ring (bicyclic) bond motifs is 1. The standard InChI is InChI=1S/C22H15Br2NO2/c23-16-11-18-19(22(26)25-21(18)20(24)12-16)10-14-6-8-17(9-7-14)27-13-15-4-2-1-3-5-15/h1-12H,13H2,(H,25,26). The van der Waals surface area contributed by atoms with Crippen molar-refractivity contribution in [3.63, 3.8) is 0 Å². The molecule has 1 N–H and O–H groups in total. The molecule has 1 aliphatic rings. The molecule has 0 aromatic heterocycles. The van der Waals surface area contributed by atoms with E-state index in [-0.39, 0.29) is 5.91 Å². The Bertz CT molecular complexity index is 1030. The molecule has 0 fully saturated rings. The van der Waals surface area contributed by atoms with E-state index in [0.717, 1.165) is 37.1 Å². The van der Waals surface area contributed by atoms with Gasteiger partial charge in [0.15, 0.2) is 0 Å². The predicted molar refractivity (Wildman–Crippen MR) is 116 cm³/mol. The van der Waals surface area contributed by atoms with E-state index in [4.69, 9.17) is 4.74 Å². The van der Waals surface area contributed by atoms with E-state index in [1.807, 2.05) is 72.8 Å². The van der Waals surface area contributed by atoms with Gasteiger partial charge in [0.05, 0.1) is 5.69 Å². The number of nitrogens with one attached hydrogen (secondary N) is 1. The van der Waals surface area contributed by atoms with E-state index in [1.54, 1.807) is 0 Å². The number of carbonyl (C=O) groups excluding carboxylic acids is 1. The molecular formula is C22H15Br2NO2. The Hall–Kier alpha value is -2.37. The van der Waals surface area contributed by atoms with Crippen LogP contribution in [0, 0.1) is 0 Å². The lowest BCUT2D eigenvalue weighted by atomic mass is 10.0. The van der Waals surface area contributed by atoms with Gasteiger partial charge in [0, 0.05) is 20.1 Å². The molecule has 0 bridgehead atoms. The van der Waals surface area contributed by atoms with E-state index in [2.05, 4.69) is 37.2 Å². The van der Waals surface area contributed by atoms with Gasteiger partial charge in [-0.2, -0.15) is 0 Å². The molecule has 3 aromatic carbocycles. The summed E-state index contributed by atoms with van der Waals surface area (Å²) in [7, 11) is 0. The monoisotopic (exact) mass is 483 g/mol. The van der Waals surface area contributed by atoms with Gasteiger partial charge in [-0.25, -0.2) is 0 Å². The normalized spacial score (nSPS) is 14.1. The van der Waals surface area contributed by atoms with Gasteiger partial charge in [-0.1, -0.05) is 58.4 Å². The van der Waals surface area contributed by atoms with Gasteiger partial charge < -0.3 is 10.1 Å². The fourth-order valence-corrected chi connectivity index (χ4v) is 4.25. The van der Waals surface area contributed by atoms with Gasteiger partial charge in [0.2, 0.25) is 0 Å². The first kappa shape index (κ1) is 18.0. The van der Waals surface area contributed by atoms with E-state index < -0.39 is 0 Å². The third kappa shape index (κ3) is 3.99. The average Bonchev–Trinajstić information content (AvgIpc) is 2.98. The van der Waals surface area contributed by atoms with Gasteiger partial charge >= 0.3 is 0 Å². The zero-order valence-electron chi connectivity index (χ0n) is 14.2. The molecule has 0 aliphatic carbocycles. The fourth-order valence-electron chi connectivity index (χ4n) is 2.93. The fraction of sp³-hybridized carbons (Fsp3) is 0.0455. The molecule has 1 aliphatic heterocycles. The lowest BCUT2D eigenvalue weighted by molar-refractivity contribution is -0.110. The average molecular weight is 485 g/mol. The number of hydrogen-bond acceptors (Lipinski definition) is 2. The first-order valence-corrected chi connectivity index (χ1v) is 9.98. The lowest BCUT2D eigenvalue weighted by Gasteiger charge is -2.07. The summed E-state index contributed by atoms with van der Waals surface area (Å²) in [5, 5.41) is 2.91. The number of anilines is 1.